The first-order valence-electron chi connectivity index (χ1n) is 6.87. The normalized spacial score (nSPS) is 12.6. The number of nitrogens with zero attached hydrogens (tertiary/aromatic N) is 2. The lowest BCUT2D eigenvalue weighted by Gasteiger charge is -2.17. The second-order valence-corrected chi connectivity index (χ2v) is 5.02. The molecule has 0 fully saturated rings. The number of nitrogens with two attached hydrogens (primary N) is 1. The van der Waals surface area contributed by atoms with Gasteiger partial charge in [0.15, 0.2) is 0 Å². The van der Waals surface area contributed by atoms with Crippen LogP contribution in [0, 0.1) is 12.7 Å². The fourth-order valence-electron chi connectivity index (χ4n) is 2.40. The van der Waals surface area contributed by atoms with Gasteiger partial charge in [0.05, 0.1) is 6.04 Å². The van der Waals surface area contributed by atoms with Gasteiger partial charge in [0, 0.05) is 25.4 Å². The molecule has 0 radical (unpaired) electrons. The van der Waals surface area contributed by atoms with Crippen LogP contribution in [-0.2, 0) is 13.0 Å². The van der Waals surface area contributed by atoms with Crippen LogP contribution in [0.4, 0.5) is 4.39 Å². The molecular formula is C15H21FN4. The molecule has 1 unspecified atom stereocenters. The Morgan fingerprint density at radius 3 is 2.85 bits per heavy atom. The SMILES string of the molecule is CCCn1ccnc1CC(NN)c1cc(C)cc(F)c1. The average Bonchev–Trinajstić information content (AvgIpc) is 2.82. The van der Waals surface area contributed by atoms with E-state index in [-0.39, 0.29) is 11.9 Å². The molecule has 0 saturated heterocycles. The molecule has 0 aliphatic heterocycles. The maximum absolute atomic E-state index is 13.5. The topological polar surface area (TPSA) is 55.9 Å². The standard InChI is InChI=1S/C15H21FN4/c1-3-5-20-6-4-18-15(20)10-14(19-17)12-7-11(2)8-13(16)9-12/h4,6-9,14,19H,3,5,10,17H2,1-2H3. The van der Waals surface area contributed by atoms with Gasteiger partial charge < -0.3 is 4.57 Å². The van der Waals surface area contributed by atoms with Crippen LogP contribution in [0.15, 0.2) is 30.6 Å². The molecule has 0 aliphatic carbocycles. The van der Waals surface area contributed by atoms with E-state index >= 15 is 0 Å². The third kappa shape index (κ3) is 3.43. The van der Waals surface area contributed by atoms with Crippen LogP contribution in [0.5, 0.6) is 0 Å². The van der Waals surface area contributed by atoms with Crippen LogP contribution < -0.4 is 11.3 Å². The Kier molecular flexibility index (Phi) is 4.87. The van der Waals surface area contributed by atoms with Gasteiger partial charge in [-0.25, -0.2) is 9.37 Å². The Balaban J connectivity index is 2.22. The van der Waals surface area contributed by atoms with Crippen molar-refractivity contribution in [2.75, 3.05) is 0 Å². The van der Waals surface area contributed by atoms with Crippen LogP contribution in [0.3, 0.4) is 0 Å². The van der Waals surface area contributed by atoms with Gasteiger partial charge in [-0.1, -0.05) is 13.0 Å². The van der Waals surface area contributed by atoms with Crippen molar-refractivity contribution in [1.29, 1.82) is 0 Å². The average molecular weight is 276 g/mol. The molecule has 0 saturated carbocycles. The Morgan fingerprint density at radius 1 is 1.40 bits per heavy atom. The van der Waals surface area contributed by atoms with Gasteiger partial charge in [-0.2, -0.15) is 0 Å². The second-order valence-electron chi connectivity index (χ2n) is 5.02. The largest absolute Gasteiger partial charge is 0.335 e. The number of hydrazine groups is 1. The van der Waals surface area contributed by atoms with Crippen LogP contribution >= 0.6 is 0 Å². The summed E-state index contributed by atoms with van der Waals surface area (Å²) in [5, 5.41) is 0. The highest BCUT2D eigenvalue weighted by Gasteiger charge is 2.15. The predicted octanol–water partition coefficient (Wildman–Crippen LogP) is 2.49. The maximum atomic E-state index is 13.5. The van der Waals surface area contributed by atoms with Gasteiger partial charge in [-0.3, -0.25) is 11.3 Å². The molecule has 0 aliphatic rings. The van der Waals surface area contributed by atoms with E-state index in [1.807, 2.05) is 19.2 Å². The van der Waals surface area contributed by atoms with Crippen LogP contribution in [0.2, 0.25) is 0 Å². The molecule has 1 atom stereocenters. The van der Waals surface area contributed by atoms with Crippen LogP contribution in [-0.4, -0.2) is 9.55 Å². The van der Waals surface area contributed by atoms with E-state index in [2.05, 4.69) is 21.9 Å². The van der Waals surface area contributed by atoms with Gasteiger partial charge in [-0.05, 0) is 36.6 Å². The summed E-state index contributed by atoms with van der Waals surface area (Å²) in [6.07, 6.45) is 5.42. The number of imidazole rings is 1. The lowest BCUT2D eigenvalue weighted by atomic mass is 10.0. The van der Waals surface area contributed by atoms with Crippen molar-refractivity contribution in [2.24, 2.45) is 5.84 Å². The Labute approximate surface area is 118 Å². The van der Waals surface area contributed by atoms with E-state index in [0.29, 0.717) is 6.42 Å². The highest BCUT2D eigenvalue weighted by Crippen LogP contribution is 2.20. The number of halogens is 1. The van der Waals surface area contributed by atoms with Gasteiger partial charge >= 0.3 is 0 Å². The number of benzene rings is 1. The van der Waals surface area contributed by atoms with Gasteiger partial charge in [0.1, 0.15) is 11.6 Å². The van der Waals surface area contributed by atoms with E-state index in [9.17, 15) is 4.39 Å². The highest BCUT2D eigenvalue weighted by molar-refractivity contribution is 5.27. The molecule has 1 heterocycles. The molecular weight excluding hydrogens is 255 g/mol. The molecule has 2 rings (SSSR count). The predicted molar refractivity (Wildman–Crippen MR) is 77.4 cm³/mol. The number of nitrogens with one attached hydrogen (secondary N) is 1. The zero-order valence-corrected chi connectivity index (χ0v) is 11.9. The Morgan fingerprint density at radius 2 is 2.20 bits per heavy atom. The molecule has 0 amide bonds. The van der Waals surface area contributed by atoms with E-state index in [4.69, 9.17) is 5.84 Å². The first-order valence-corrected chi connectivity index (χ1v) is 6.87. The molecule has 1 aromatic carbocycles. The minimum absolute atomic E-state index is 0.151. The zero-order chi connectivity index (χ0) is 14.5. The van der Waals surface area contributed by atoms with Crippen LogP contribution in [0.25, 0.3) is 0 Å². The number of hydrogen-bond acceptors (Lipinski definition) is 3. The highest BCUT2D eigenvalue weighted by atomic mass is 19.1. The summed E-state index contributed by atoms with van der Waals surface area (Å²) < 4.78 is 15.6. The molecule has 5 heteroatoms. The number of hydrogen-bond donors (Lipinski definition) is 2. The molecule has 108 valence electrons. The smallest absolute Gasteiger partial charge is 0.123 e. The van der Waals surface area contributed by atoms with Crippen molar-refractivity contribution in [3.63, 3.8) is 0 Å². The van der Waals surface area contributed by atoms with Gasteiger partial charge in [-0.15, -0.1) is 0 Å². The second kappa shape index (κ2) is 6.63. The van der Waals surface area contributed by atoms with Gasteiger partial charge in [0.25, 0.3) is 0 Å². The summed E-state index contributed by atoms with van der Waals surface area (Å²) in [6.45, 7) is 4.92. The van der Waals surface area contributed by atoms with Crippen molar-refractivity contribution < 1.29 is 4.39 Å². The first kappa shape index (κ1) is 14.7. The molecule has 20 heavy (non-hydrogen) atoms. The third-order valence-corrected chi connectivity index (χ3v) is 3.32. The molecule has 3 N–H and O–H groups in total. The van der Waals surface area contributed by atoms with Crippen molar-refractivity contribution in [2.45, 2.75) is 39.3 Å². The number of aromatic nitrogens is 2. The summed E-state index contributed by atoms with van der Waals surface area (Å²) in [5.41, 5.74) is 4.49. The van der Waals surface area contributed by atoms with Crippen molar-refractivity contribution >= 4 is 0 Å². The van der Waals surface area contributed by atoms with E-state index in [1.54, 1.807) is 6.20 Å². The van der Waals surface area contributed by atoms with E-state index in [0.717, 1.165) is 29.9 Å². The first-order chi connectivity index (χ1) is 9.63. The molecule has 4 nitrogen and oxygen atoms in total. The monoisotopic (exact) mass is 276 g/mol. The third-order valence-electron chi connectivity index (χ3n) is 3.32. The minimum Gasteiger partial charge on any atom is -0.335 e. The van der Waals surface area contributed by atoms with Crippen molar-refractivity contribution in [3.05, 3.63) is 53.4 Å². The molecule has 2 aromatic rings. The summed E-state index contributed by atoms with van der Waals surface area (Å²) in [5.74, 6) is 6.35. The number of aryl methyl sites for hydroxylation is 2. The van der Waals surface area contributed by atoms with E-state index < -0.39 is 0 Å². The lowest BCUT2D eigenvalue weighted by molar-refractivity contribution is 0.512. The fourth-order valence-corrected chi connectivity index (χ4v) is 2.40. The summed E-state index contributed by atoms with van der Waals surface area (Å²) in [6, 6.07) is 4.82. The summed E-state index contributed by atoms with van der Waals surface area (Å²) >= 11 is 0. The van der Waals surface area contributed by atoms with Crippen molar-refractivity contribution in [1.82, 2.24) is 15.0 Å². The Hall–Kier alpha value is -1.72. The maximum Gasteiger partial charge on any atom is 0.123 e. The zero-order valence-electron chi connectivity index (χ0n) is 11.9. The Bertz CT molecular complexity index is 545. The van der Waals surface area contributed by atoms with Crippen LogP contribution in [0.1, 0.15) is 36.3 Å². The fraction of sp³-hybridized carbons (Fsp3) is 0.400. The van der Waals surface area contributed by atoms with E-state index in [1.165, 1.54) is 12.1 Å². The quantitative estimate of drug-likeness (QED) is 0.629. The number of rotatable bonds is 6. The minimum atomic E-state index is -0.239. The van der Waals surface area contributed by atoms with Crippen molar-refractivity contribution in [3.8, 4) is 0 Å². The summed E-state index contributed by atoms with van der Waals surface area (Å²) in [7, 11) is 0. The van der Waals surface area contributed by atoms with Gasteiger partial charge in [0.2, 0.25) is 0 Å². The molecule has 0 bridgehead atoms. The summed E-state index contributed by atoms with van der Waals surface area (Å²) in [4.78, 5) is 4.37. The molecule has 0 spiro atoms. The lowest BCUT2D eigenvalue weighted by Crippen LogP contribution is -2.30. The molecule has 1 aromatic heterocycles.